The van der Waals surface area contributed by atoms with Gasteiger partial charge in [0.05, 0.1) is 11.1 Å². The van der Waals surface area contributed by atoms with Crippen molar-refractivity contribution in [1.29, 1.82) is 0 Å². The maximum atomic E-state index is 12.7. The molecule has 0 radical (unpaired) electrons. The molecule has 3 aromatic carbocycles. The van der Waals surface area contributed by atoms with Gasteiger partial charge in [-0.05, 0) is 29.0 Å². The second-order valence-corrected chi connectivity index (χ2v) is 5.58. The van der Waals surface area contributed by atoms with Gasteiger partial charge in [-0.1, -0.05) is 30.3 Å². The molecule has 0 spiro atoms. The van der Waals surface area contributed by atoms with E-state index in [2.05, 4.69) is 15.3 Å². The van der Waals surface area contributed by atoms with Gasteiger partial charge in [0, 0.05) is 23.3 Å². The number of nitro benzene ring substituents is 1. The average Bonchev–Trinajstić information content (AvgIpc) is 2.69. The maximum Gasteiger partial charge on any atom is 0.387 e. The molecule has 0 aliphatic carbocycles. The Morgan fingerprint density at radius 1 is 1.11 bits per heavy atom. The number of carbonyl (C=O) groups is 1. The van der Waals surface area contributed by atoms with Gasteiger partial charge >= 0.3 is 6.61 Å². The number of ether oxygens (including phenoxy) is 1. The molecule has 1 N–H and O–H groups in total. The second kappa shape index (κ2) is 8.21. The summed E-state index contributed by atoms with van der Waals surface area (Å²) in [4.78, 5) is 22.2. The highest BCUT2D eigenvalue weighted by Gasteiger charge is 2.12. The van der Waals surface area contributed by atoms with Crippen LogP contribution in [0.5, 0.6) is 5.75 Å². The molecule has 0 unspecified atom stereocenters. The van der Waals surface area contributed by atoms with Gasteiger partial charge in [-0.2, -0.15) is 13.9 Å². The second-order valence-electron chi connectivity index (χ2n) is 5.58. The Bertz CT molecular complexity index is 1050. The molecular formula is C19H13F2N3O4. The molecule has 0 heterocycles. The molecular weight excluding hydrogens is 372 g/mol. The number of amides is 1. The van der Waals surface area contributed by atoms with Crippen LogP contribution in [0.3, 0.4) is 0 Å². The monoisotopic (exact) mass is 385 g/mol. The van der Waals surface area contributed by atoms with Gasteiger partial charge in [0.15, 0.2) is 0 Å². The summed E-state index contributed by atoms with van der Waals surface area (Å²) in [5.41, 5.74) is 2.55. The predicted molar refractivity (Wildman–Crippen MR) is 98.7 cm³/mol. The van der Waals surface area contributed by atoms with Crippen LogP contribution < -0.4 is 10.2 Å². The minimum absolute atomic E-state index is 0.0814. The normalized spacial score (nSPS) is 11.1. The minimum atomic E-state index is -3.01. The van der Waals surface area contributed by atoms with Crippen LogP contribution in [-0.4, -0.2) is 23.7 Å². The first-order valence-electron chi connectivity index (χ1n) is 8.00. The first-order valence-corrected chi connectivity index (χ1v) is 8.00. The number of carbonyl (C=O) groups excluding carboxylic acids is 1. The summed E-state index contributed by atoms with van der Waals surface area (Å²) in [5.74, 6) is -0.690. The predicted octanol–water partition coefficient (Wildman–Crippen LogP) is 4.11. The average molecular weight is 385 g/mol. The van der Waals surface area contributed by atoms with Crippen molar-refractivity contribution >= 4 is 28.6 Å². The van der Waals surface area contributed by atoms with Gasteiger partial charge in [-0.3, -0.25) is 14.9 Å². The van der Waals surface area contributed by atoms with E-state index in [1.54, 1.807) is 30.3 Å². The molecule has 9 heteroatoms. The Balaban J connectivity index is 1.83. The molecule has 0 aliphatic rings. The first-order chi connectivity index (χ1) is 13.5. The Kier molecular flexibility index (Phi) is 5.54. The van der Waals surface area contributed by atoms with Crippen LogP contribution in [0.1, 0.15) is 15.9 Å². The third-order valence-electron chi connectivity index (χ3n) is 3.85. The summed E-state index contributed by atoms with van der Waals surface area (Å²) < 4.78 is 29.9. The number of fused-ring (bicyclic) bond motifs is 1. The molecule has 7 nitrogen and oxygen atoms in total. The van der Waals surface area contributed by atoms with Crippen molar-refractivity contribution in [1.82, 2.24) is 5.43 Å². The van der Waals surface area contributed by atoms with E-state index in [9.17, 15) is 23.7 Å². The zero-order valence-corrected chi connectivity index (χ0v) is 14.2. The first kappa shape index (κ1) is 18.9. The highest BCUT2D eigenvalue weighted by atomic mass is 19.3. The number of hydrogen-bond donors (Lipinski definition) is 1. The highest BCUT2D eigenvalue weighted by molar-refractivity contribution is 6.03. The van der Waals surface area contributed by atoms with Crippen LogP contribution in [0.15, 0.2) is 65.8 Å². The van der Waals surface area contributed by atoms with E-state index >= 15 is 0 Å². The molecule has 0 fully saturated rings. The number of nitrogens with one attached hydrogen (secondary N) is 1. The van der Waals surface area contributed by atoms with Crippen molar-refractivity contribution < 1.29 is 23.2 Å². The van der Waals surface area contributed by atoms with Crippen LogP contribution in [0.2, 0.25) is 0 Å². The molecule has 142 valence electrons. The van der Waals surface area contributed by atoms with Crippen molar-refractivity contribution in [2.75, 3.05) is 0 Å². The summed E-state index contributed by atoms with van der Waals surface area (Å²) in [5, 5.41) is 15.9. The Morgan fingerprint density at radius 3 is 2.50 bits per heavy atom. The van der Waals surface area contributed by atoms with Gasteiger partial charge in [-0.15, -0.1) is 0 Å². The van der Waals surface area contributed by atoms with Crippen LogP contribution in [0.25, 0.3) is 10.8 Å². The summed E-state index contributed by atoms with van der Waals surface area (Å²) in [6.45, 7) is -3.01. The molecule has 0 bridgehead atoms. The lowest BCUT2D eigenvalue weighted by Gasteiger charge is -2.10. The molecule has 0 aromatic heterocycles. The Morgan fingerprint density at radius 2 is 1.82 bits per heavy atom. The lowest BCUT2D eigenvalue weighted by molar-refractivity contribution is -0.384. The van der Waals surface area contributed by atoms with Crippen molar-refractivity contribution in [2.24, 2.45) is 5.10 Å². The highest BCUT2D eigenvalue weighted by Crippen LogP contribution is 2.27. The largest absolute Gasteiger partial charge is 0.434 e. The molecule has 0 saturated heterocycles. The van der Waals surface area contributed by atoms with Gasteiger partial charge in [-0.25, -0.2) is 5.43 Å². The molecule has 0 aliphatic heterocycles. The van der Waals surface area contributed by atoms with Crippen molar-refractivity contribution in [3.63, 3.8) is 0 Å². The number of hydrazone groups is 1. The van der Waals surface area contributed by atoms with Crippen molar-refractivity contribution in [3.05, 3.63) is 81.9 Å². The minimum Gasteiger partial charge on any atom is -0.434 e. The number of hydrogen-bond acceptors (Lipinski definition) is 5. The molecule has 3 rings (SSSR count). The fraction of sp³-hybridized carbons (Fsp3) is 0.0526. The van der Waals surface area contributed by atoms with Gasteiger partial charge in [0.1, 0.15) is 5.75 Å². The van der Waals surface area contributed by atoms with Crippen LogP contribution in [0, 0.1) is 10.1 Å². The number of rotatable bonds is 6. The number of benzene rings is 3. The van der Waals surface area contributed by atoms with E-state index in [1.807, 2.05) is 0 Å². The third kappa shape index (κ3) is 4.26. The quantitative estimate of drug-likeness (QED) is 0.392. The van der Waals surface area contributed by atoms with Crippen LogP contribution >= 0.6 is 0 Å². The summed E-state index contributed by atoms with van der Waals surface area (Å²) in [7, 11) is 0. The molecule has 1 amide bonds. The molecule has 0 saturated carbocycles. The fourth-order valence-corrected chi connectivity index (χ4v) is 2.56. The molecule has 0 atom stereocenters. The third-order valence-corrected chi connectivity index (χ3v) is 3.85. The standard InChI is InChI=1S/C19H13F2N3O4/c20-19(21)28-17-10-7-12-3-1-2-4-15(12)16(17)11-22-23-18(25)13-5-8-14(9-6-13)24(26)27/h1-11,19H,(H,23,25)/b22-11-. The van der Waals surface area contributed by atoms with E-state index < -0.39 is 17.4 Å². The summed E-state index contributed by atoms with van der Waals surface area (Å²) in [6.07, 6.45) is 1.21. The van der Waals surface area contributed by atoms with E-state index in [4.69, 9.17) is 0 Å². The lowest BCUT2D eigenvalue weighted by Crippen LogP contribution is -2.17. The SMILES string of the molecule is O=C(N/N=C\c1c(OC(F)F)ccc2ccccc12)c1ccc([N+](=O)[O-])cc1. The topological polar surface area (TPSA) is 93.8 Å². The zero-order chi connectivity index (χ0) is 20.1. The number of non-ortho nitro benzene ring substituents is 1. The molecule has 28 heavy (non-hydrogen) atoms. The van der Waals surface area contributed by atoms with Crippen LogP contribution in [-0.2, 0) is 0 Å². The maximum absolute atomic E-state index is 12.7. The van der Waals surface area contributed by atoms with Gasteiger partial charge in [0.2, 0.25) is 0 Å². The van der Waals surface area contributed by atoms with Crippen molar-refractivity contribution in [3.8, 4) is 5.75 Å². The van der Waals surface area contributed by atoms with Crippen molar-refractivity contribution in [2.45, 2.75) is 6.61 Å². The van der Waals surface area contributed by atoms with E-state index in [0.29, 0.717) is 5.39 Å². The van der Waals surface area contributed by atoms with Crippen LogP contribution in [0.4, 0.5) is 14.5 Å². The van der Waals surface area contributed by atoms with E-state index in [-0.39, 0.29) is 22.6 Å². The zero-order valence-electron chi connectivity index (χ0n) is 14.2. The Hall–Kier alpha value is -3.88. The number of nitrogens with zero attached hydrogens (tertiary/aromatic N) is 2. The van der Waals surface area contributed by atoms with Gasteiger partial charge in [0.25, 0.3) is 11.6 Å². The van der Waals surface area contributed by atoms with E-state index in [1.165, 1.54) is 36.5 Å². The van der Waals surface area contributed by atoms with E-state index in [0.717, 1.165) is 5.39 Å². The summed E-state index contributed by atoms with van der Waals surface area (Å²) in [6, 6.07) is 15.0. The molecule has 3 aromatic rings. The smallest absolute Gasteiger partial charge is 0.387 e. The fourth-order valence-electron chi connectivity index (χ4n) is 2.56. The lowest BCUT2D eigenvalue weighted by atomic mass is 10.0. The van der Waals surface area contributed by atoms with Gasteiger partial charge < -0.3 is 4.74 Å². The number of halogens is 2. The Labute approximate surface area is 157 Å². The number of alkyl halides is 2. The number of nitro groups is 1. The summed E-state index contributed by atoms with van der Waals surface area (Å²) >= 11 is 0.